The van der Waals surface area contributed by atoms with Gasteiger partial charge in [-0.2, -0.15) is 5.10 Å². The Kier molecular flexibility index (Phi) is 7.48. The molecule has 0 saturated heterocycles. The summed E-state index contributed by atoms with van der Waals surface area (Å²) in [6.45, 7) is 0. The van der Waals surface area contributed by atoms with Gasteiger partial charge < -0.3 is 10.2 Å². The Morgan fingerprint density at radius 1 is 1.14 bits per heavy atom. The number of non-ortho nitro benzene ring substituents is 1. The lowest BCUT2D eigenvalue weighted by Gasteiger charge is -2.04. The molecule has 0 spiro atoms. The molecule has 0 unspecified atom stereocenters. The zero-order chi connectivity index (χ0) is 20.5. The summed E-state index contributed by atoms with van der Waals surface area (Å²) in [6, 6.07) is 18.2. The molecule has 2 N–H and O–H groups in total. The molecule has 0 radical (unpaired) electrons. The monoisotopic (exact) mass is 426 g/mol. The second kappa shape index (κ2) is 10.5. The van der Waals surface area contributed by atoms with Gasteiger partial charge in [-0.05, 0) is 23.8 Å². The molecular weight excluding hydrogens is 408 g/mol. The summed E-state index contributed by atoms with van der Waals surface area (Å²) in [5.74, 6) is 2.10. The minimum Gasteiger partial charge on any atom is -0.468 e. The van der Waals surface area contributed by atoms with Gasteiger partial charge in [-0.25, -0.2) is 0 Å². The smallest absolute Gasteiger partial charge is 0.270 e. The van der Waals surface area contributed by atoms with Crippen LogP contribution in [0, 0.1) is 10.1 Å². The molecular formula is C20H18N4O3S2. The van der Waals surface area contributed by atoms with Gasteiger partial charge in [0, 0.05) is 28.3 Å². The molecule has 2 aromatic carbocycles. The number of hydrogen-bond acceptors (Lipinski definition) is 7. The maximum atomic E-state index is 11.1. The number of nitro benzene ring substituents is 1. The number of nitro groups is 1. The minimum atomic E-state index is -0.439. The highest BCUT2D eigenvalue weighted by atomic mass is 32.2. The first kappa shape index (κ1) is 20.7. The first-order valence-electron chi connectivity index (χ1n) is 8.58. The van der Waals surface area contributed by atoms with Crippen LogP contribution in [0.15, 0.2) is 86.4 Å². The molecule has 0 aliphatic heterocycles. The summed E-state index contributed by atoms with van der Waals surface area (Å²) in [5, 5.41) is 19.4. The number of hydrogen-bond donors (Lipinski definition) is 1. The summed E-state index contributed by atoms with van der Waals surface area (Å²) in [7, 11) is 0. The molecule has 3 aromatic rings. The van der Waals surface area contributed by atoms with E-state index in [4.69, 9.17) is 10.2 Å². The van der Waals surface area contributed by atoms with Crippen molar-refractivity contribution >= 4 is 40.6 Å². The van der Waals surface area contributed by atoms with E-state index in [1.165, 1.54) is 41.9 Å². The maximum Gasteiger partial charge on any atom is 0.270 e. The molecule has 0 aliphatic rings. The zero-order valence-corrected chi connectivity index (χ0v) is 16.9. The van der Waals surface area contributed by atoms with Gasteiger partial charge in [0.2, 0.25) is 0 Å². The number of thioether (sulfide) groups is 2. The van der Waals surface area contributed by atoms with E-state index in [9.17, 15) is 10.1 Å². The molecule has 0 amide bonds. The van der Waals surface area contributed by atoms with Crippen LogP contribution in [0.3, 0.4) is 0 Å². The molecule has 1 aromatic heterocycles. The molecule has 0 saturated carbocycles. The van der Waals surface area contributed by atoms with Gasteiger partial charge in [0.05, 0.1) is 23.2 Å². The van der Waals surface area contributed by atoms with Crippen molar-refractivity contribution < 1.29 is 9.34 Å². The second-order valence-electron chi connectivity index (χ2n) is 5.80. The van der Waals surface area contributed by atoms with Gasteiger partial charge in [-0.15, -0.1) is 16.9 Å². The van der Waals surface area contributed by atoms with Crippen molar-refractivity contribution in [1.82, 2.24) is 0 Å². The fourth-order valence-electron chi connectivity index (χ4n) is 2.33. The Morgan fingerprint density at radius 3 is 2.69 bits per heavy atom. The van der Waals surface area contributed by atoms with Crippen LogP contribution in [-0.4, -0.2) is 16.3 Å². The molecule has 0 atom stereocenters. The van der Waals surface area contributed by atoms with Crippen LogP contribution in [0.1, 0.15) is 16.9 Å². The average molecular weight is 427 g/mol. The predicted molar refractivity (Wildman–Crippen MR) is 118 cm³/mol. The van der Waals surface area contributed by atoms with Gasteiger partial charge in [-0.3, -0.25) is 10.1 Å². The second-order valence-corrected chi connectivity index (χ2v) is 7.82. The van der Waals surface area contributed by atoms with E-state index in [1.807, 2.05) is 42.5 Å². The minimum absolute atomic E-state index is 0.01000. The Bertz CT molecular complexity index is 1010. The molecule has 0 bridgehead atoms. The fraction of sp³-hybridized carbons (Fsp3) is 0.100. The number of benzene rings is 2. The largest absolute Gasteiger partial charge is 0.468 e. The number of amidine groups is 1. The number of nitrogens with two attached hydrogens (primary N) is 1. The number of nitrogens with zero attached hydrogens (tertiary/aromatic N) is 3. The van der Waals surface area contributed by atoms with E-state index in [0.29, 0.717) is 22.2 Å². The molecule has 9 heteroatoms. The Balaban J connectivity index is 1.69. The van der Waals surface area contributed by atoms with Crippen LogP contribution >= 0.6 is 23.5 Å². The van der Waals surface area contributed by atoms with Crippen LogP contribution in [0.5, 0.6) is 0 Å². The van der Waals surface area contributed by atoms with Crippen molar-refractivity contribution in [3.8, 4) is 0 Å². The lowest BCUT2D eigenvalue weighted by Crippen LogP contribution is -2.06. The van der Waals surface area contributed by atoms with Crippen molar-refractivity contribution in [3.63, 3.8) is 0 Å². The normalized spacial score (nSPS) is 11.8. The van der Waals surface area contributed by atoms with Crippen molar-refractivity contribution in [1.29, 1.82) is 0 Å². The van der Waals surface area contributed by atoms with E-state index in [2.05, 4.69) is 10.2 Å². The van der Waals surface area contributed by atoms with Crippen LogP contribution in [0.25, 0.3) is 0 Å². The summed E-state index contributed by atoms with van der Waals surface area (Å²) >= 11 is 2.87. The van der Waals surface area contributed by atoms with Crippen LogP contribution < -0.4 is 5.73 Å². The highest BCUT2D eigenvalue weighted by Gasteiger charge is 2.11. The summed E-state index contributed by atoms with van der Waals surface area (Å²) in [6.07, 6.45) is 3.09. The van der Waals surface area contributed by atoms with Gasteiger partial charge >= 0.3 is 0 Å². The van der Waals surface area contributed by atoms with Gasteiger partial charge in [-0.1, -0.05) is 42.1 Å². The predicted octanol–water partition coefficient (Wildman–Crippen LogP) is 5.06. The third kappa shape index (κ3) is 6.51. The molecule has 7 nitrogen and oxygen atoms in total. The summed E-state index contributed by atoms with van der Waals surface area (Å²) in [5.41, 5.74) is 7.62. The Labute approximate surface area is 176 Å². The Morgan fingerprint density at radius 2 is 1.97 bits per heavy atom. The summed E-state index contributed by atoms with van der Waals surface area (Å²) < 4.78 is 5.33. The van der Waals surface area contributed by atoms with E-state index in [-0.39, 0.29) is 5.69 Å². The lowest BCUT2D eigenvalue weighted by molar-refractivity contribution is -0.384. The topological polar surface area (TPSA) is 107 Å². The SMILES string of the molecule is NC(=NN=Cc1cc([N+](=O)[O-])ccc1SCc1ccco1)SCc1ccccc1. The number of rotatable bonds is 8. The first-order valence-corrected chi connectivity index (χ1v) is 10.6. The Hall–Kier alpha value is -3.04. The first-order chi connectivity index (χ1) is 14.1. The lowest BCUT2D eigenvalue weighted by atomic mass is 10.2. The zero-order valence-electron chi connectivity index (χ0n) is 15.3. The van der Waals surface area contributed by atoms with E-state index in [0.717, 1.165) is 16.2 Å². The van der Waals surface area contributed by atoms with Crippen LogP contribution in [0.2, 0.25) is 0 Å². The van der Waals surface area contributed by atoms with E-state index in [1.54, 1.807) is 12.3 Å². The molecule has 0 aliphatic carbocycles. The fourth-order valence-corrected chi connectivity index (χ4v) is 3.85. The molecule has 29 heavy (non-hydrogen) atoms. The average Bonchev–Trinajstić information content (AvgIpc) is 3.25. The van der Waals surface area contributed by atoms with E-state index >= 15 is 0 Å². The number of furan rings is 1. The molecule has 3 rings (SSSR count). The van der Waals surface area contributed by atoms with Crippen LogP contribution in [-0.2, 0) is 11.5 Å². The quantitative estimate of drug-likeness (QED) is 0.177. The third-order valence-electron chi connectivity index (χ3n) is 3.74. The van der Waals surface area contributed by atoms with Gasteiger partial charge in [0.15, 0.2) is 5.17 Å². The third-order valence-corrected chi connectivity index (χ3v) is 5.70. The van der Waals surface area contributed by atoms with Crippen molar-refractivity contribution in [2.24, 2.45) is 15.9 Å². The van der Waals surface area contributed by atoms with Crippen LogP contribution in [0.4, 0.5) is 5.69 Å². The highest BCUT2D eigenvalue weighted by Crippen LogP contribution is 2.28. The highest BCUT2D eigenvalue weighted by molar-refractivity contribution is 8.13. The standard InChI is InChI=1S/C20H18N4O3S2/c21-20(29-13-15-5-2-1-3-6-15)23-22-12-16-11-17(24(25)26)8-9-19(16)28-14-18-7-4-10-27-18/h1-12H,13-14H2,(H2,21,23). The van der Waals surface area contributed by atoms with Crippen molar-refractivity contribution in [3.05, 3.63) is 93.9 Å². The molecule has 1 heterocycles. The molecule has 148 valence electrons. The summed E-state index contributed by atoms with van der Waals surface area (Å²) in [4.78, 5) is 11.5. The van der Waals surface area contributed by atoms with E-state index < -0.39 is 4.92 Å². The van der Waals surface area contributed by atoms with Gasteiger partial charge in [0.25, 0.3) is 5.69 Å². The van der Waals surface area contributed by atoms with Gasteiger partial charge in [0.1, 0.15) is 5.76 Å². The van der Waals surface area contributed by atoms with Crippen molar-refractivity contribution in [2.45, 2.75) is 16.4 Å². The maximum absolute atomic E-state index is 11.1. The van der Waals surface area contributed by atoms with Crippen molar-refractivity contribution in [2.75, 3.05) is 0 Å². The molecule has 0 fully saturated rings.